The predicted molar refractivity (Wildman–Crippen MR) is 114 cm³/mol. The van der Waals surface area contributed by atoms with E-state index in [1.807, 2.05) is 11.6 Å². The molecule has 26 heavy (non-hydrogen) atoms. The zero-order chi connectivity index (χ0) is 18.1. The van der Waals surface area contributed by atoms with Gasteiger partial charge in [-0.1, -0.05) is 0 Å². The quantitative estimate of drug-likeness (QED) is 0.325. The Balaban J connectivity index is 0.00000338. The molecule has 0 saturated carbocycles. The third-order valence-corrected chi connectivity index (χ3v) is 4.52. The van der Waals surface area contributed by atoms with Gasteiger partial charge in [-0.2, -0.15) is 5.10 Å². The van der Waals surface area contributed by atoms with E-state index in [1.54, 1.807) is 14.2 Å². The number of guanidine groups is 1. The molecule has 0 atom stereocenters. The summed E-state index contributed by atoms with van der Waals surface area (Å²) in [6.45, 7) is 11.8. The fourth-order valence-electron chi connectivity index (χ4n) is 2.94. The van der Waals surface area contributed by atoms with E-state index in [9.17, 15) is 0 Å². The Morgan fingerprint density at radius 1 is 1.23 bits per heavy atom. The number of ether oxygens (including phenoxy) is 2. The van der Waals surface area contributed by atoms with Gasteiger partial charge < -0.3 is 20.1 Å². The van der Waals surface area contributed by atoms with E-state index in [0.717, 1.165) is 57.6 Å². The van der Waals surface area contributed by atoms with Crippen LogP contribution in [0.3, 0.4) is 0 Å². The number of hydrogen-bond acceptors (Lipinski definition) is 5. The molecule has 0 aliphatic carbocycles. The van der Waals surface area contributed by atoms with Gasteiger partial charge in [0.05, 0.1) is 32.1 Å². The monoisotopic (exact) mass is 480 g/mol. The Morgan fingerprint density at radius 2 is 1.96 bits per heavy atom. The maximum atomic E-state index is 5.37. The van der Waals surface area contributed by atoms with Crippen molar-refractivity contribution >= 4 is 29.9 Å². The number of aliphatic imine (C=N–C) groups is 1. The van der Waals surface area contributed by atoms with Crippen LogP contribution >= 0.6 is 24.0 Å². The Labute approximate surface area is 173 Å². The molecule has 0 spiro atoms. The van der Waals surface area contributed by atoms with Crippen molar-refractivity contribution in [3.05, 3.63) is 17.0 Å². The summed E-state index contributed by atoms with van der Waals surface area (Å²) >= 11 is 0. The summed E-state index contributed by atoms with van der Waals surface area (Å²) in [7, 11) is 3.51. The number of morpholine rings is 1. The van der Waals surface area contributed by atoms with Crippen LogP contribution in [0.15, 0.2) is 4.99 Å². The second-order valence-electron chi connectivity index (χ2n) is 6.17. The van der Waals surface area contributed by atoms with E-state index in [2.05, 4.69) is 32.5 Å². The first-order chi connectivity index (χ1) is 12.2. The highest BCUT2D eigenvalue weighted by Crippen LogP contribution is 2.12. The van der Waals surface area contributed by atoms with Crippen LogP contribution in [0.2, 0.25) is 0 Å². The smallest absolute Gasteiger partial charge is 0.191 e. The molecule has 0 unspecified atom stereocenters. The number of nitrogens with one attached hydrogen (secondary N) is 2. The first-order valence-corrected chi connectivity index (χ1v) is 8.92. The van der Waals surface area contributed by atoms with Crippen molar-refractivity contribution in [1.29, 1.82) is 0 Å². The first kappa shape index (κ1) is 23.1. The summed E-state index contributed by atoms with van der Waals surface area (Å²) in [6, 6.07) is 0. The summed E-state index contributed by atoms with van der Waals surface area (Å²) in [4.78, 5) is 6.71. The average molecular weight is 480 g/mol. The van der Waals surface area contributed by atoms with E-state index >= 15 is 0 Å². The second-order valence-corrected chi connectivity index (χ2v) is 6.17. The number of aromatic nitrogens is 2. The molecule has 1 aromatic rings. The summed E-state index contributed by atoms with van der Waals surface area (Å²) in [5.74, 6) is 0.816. The van der Waals surface area contributed by atoms with Gasteiger partial charge in [-0.25, -0.2) is 0 Å². The fourth-order valence-corrected chi connectivity index (χ4v) is 2.94. The maximum Gasteiger partial charge on any atom is 0.191 e. The SMILES string of the molecule is CN=C(NCCN1CCOCC1)NCc1c(C)nn(CCOC)c1C.I. The lowest BCUT2D eigenvalue weighted by molar-refractivity contribution is 0.0389. The van der Waals surface area contributed by atoms with Crippen molar-refractivity contribution in [3.8, 4) is 0 Å². The zero-order valence-corrected chi connectivity index (χ0v) is 18.7. The van der Waals surface area contributed by atoms with Crippen LogP contribution in [0, 0.1) is 13.8 Å². The van der Waals surface area contributed by atoms with Crippen molar-refractivity contribution in [1.82, 2.24) is 25.3 Å². The van der Waals surface area contributed by atoms with Crippen LogP contribution < -0.4 is 10.6 Å². The predicted octanol–water partition coefficient (Wildman–Crippen LogP) is 0.762. The fraction of sp³-hybridized carbons (Fsp3) is 0.765. The van der Waals surface area contributed by atoms with Gasteiger partial charge >= 0.3 is 0 Å². The van der Waals surface area contributed by atoms with Gasteiger partial charge in [0.1, 0.15) is 0 Å². The normalized spacial score (nSPS) is 15.6. The molecule has 0 bridgehead atoms. The third kappa shape index (κ3) is 7.01. The molecule has 1 aromatic heterocycles. The number of methoxy groups -OCH3 is 1. The lowest BCUT2D eigenvalue weighted by atomic mass is 10.2. The minimum Gasteiger partial charge on any atom is -0.383 e. The Hall–Kier alpha value is -0.910. The lowest BCUT2D eigenvalue weighted by Crippen LogP contribution is -2.44. The lowest BCUT2D eigenvalue weighted by Gasteiger charge is -2.26. The molecule has 150 valence electrons. The van der Waals surface area contributed by atoms with Crippen LogP contribution in [-0.2, 0) is 22.6 Å². The molecule has 1 aliphatic rings. The van der Waals surface area contributed by atoms with Crippen molar-refractivity contribution in [2.45, 2.75) is 26.9 Å². The molecule has 0 amide bonds. The molecule has 1 fully saturated rings. The molecule has 1 aliphatic heterocycles. The van der Waals surface area contributed by atoms with Crippen molar-refractivity contribution in [2.75, 3.05) is 60.2 Å². The van der Waals surface area contributed by atoms with Crippen LogP contribution in [0.4, 0.5) is 0 Å². The maximum absolute atomic E-state index is 5.37. The van der Waals surface area contributed by atoms with Gasteiger partial charge in [0.2, 0.25) is 0 Å². The molecule has 9 heteroatoms. The van der Waals surface area contributed by atoms with Gasteiger partial charge in [-0.05, 0) is 13.8 Å². The second kappa shape index (κ2) is 12.5. The number of nitrogens with zero attached hydrogens (tertiary/aromatic N) is 4. The highest BCUT2D eigenvalue weighted by molar-refractivity contribution is 14.0. The summed E-state index contributed by atoms with van der Waals surface area (Å²) < 4.78 is 12.5. The summed E-state index contributed by atoms with van der Waals surface area (Å²) in [5, 5.41) is 11.4. The molecular formula is C17H33IN6O2. The van der Waals surface area contributed by atoms with Crippen LogP contribution in [0.5, 0.6) is 0 Å². The van der Waals surface area contributed by atoms with Gasteiger partial charge in [0, 0.05) is 58.1 Å². The molecule has 8 nitrogen and oxygen atoms in total. The summed E-state index contributed by atoms with van der Waals surface area (Å²) in [6.07, 6.45) is 0. The molecule has 2 rings (SSSR count). The molecule has 2 N–H and O–H groups in total. The molecule has 1 saturated heterocycles. The van der Waals surface area contributed by atoms with E-state index in [0.29, 0.717) is 13.2 Å². The number of aryl methyl sites for hydroxylation is 1. The minimum absolute atomic E-state index is 0. The third-order valence-electron chi connectivity index (χ3n) is 4.52. The first-order valence-electron chi connectivity index (χ1n) is 8.92. The van der Waals surface area contributed by atoms with Crippen molar-refractivity contribution in [3.63, 3.8) is 0 Å². The minimum atomic E-state index is 0. The van der Waals surface area contributed by atoms with Crippen LogP contribution in [0.1, 0.15) is 17.0 Å². The molecular weight excluding hydrogens is 447 g/mol. The molecule has 0 radical (unpaired) electrons. The molecule has 0 aromatic carbocycles. The number of hydrogen-bond donors (Lipinski definition) is 2. The van der Waals surface area contributed by atoms with Gasteiger partial charge in [0.15, 0.2) is 5.96 Å². The van der Waals surface area contributed by atoms with E-state index in [1.165, 1.54) is 11.3 Å². The number of rotatable bonds is 8. The van der Waals surface area contributed by atoms with E-state index in [-0.39, 0.29) is 24.0 Å². The van der Waals surface area contributed by atoms with Crippen LogP contribution in [0.25, 0.3) is 0 Å². The largest absolute Gasteiger partial charge is 0.383 e. The van der Waals surface area contributed by atoms with Crippen molar-refractivity contribution < 1.29 is 9.47 Å². The molecule has 2 heterocycles. The van der Waals surface area contributed by atoms with Crippen LogP contribution in [-0.4, -0.2) is 80.8 Å². The van der Waals surface area contributed by atoms with Crippen molar-refractivity contribution in [2.24, 2.45) is 4.99 Å². The highest BCUT2D eigenvalue weighted by Gasteiger charge is 2.12. The Bertz CT molecular complexity index is 558. The average Bonchev–Trinajstić information content (AvgIpc) is 2.90. The zero-order valence-electron chi connectivity index (χ0n) is 16.4. The highest BCUT2D eigenvalue weighted by atomic mass is 127. The standard InChI is InChI=1S/C17H32N6O2.HI/c1-14-16(15(2)23(21-14)9-10-24-4)13-20-17(18-3)19-5-6-22-7-11-25-12-8-22;/h5-13H2,1-4H3,(H2,18,19,20);1H. The van der Waals surface area contributed by atoms with E-state index in [4.69, 9.17) is 9.47 Å². The summed E-state index contributed by atoms with van der Waals surface area (Å²) in [5.41, 5.74) is 3.43. The number of halogens is 1. The van der Waals surface area contributed by atoms with Gasteiger partial charge in [-0.3, -0.25) is 14.6 Å². The van der Waals surface area contributed by atoms with E-state index < -0.39 is 0 Å². The Morgan fingerprint density at radius 3 is 2.62 bits per heavy atom. The topological polar surface area (TPSA) is 75.9 Å². The van der Waals surface area contributed by atoms with Gasteiger partial charge in [0.25, 0.3) is 0 Å². The Kier molecular flexibility index (Phi) is 11.1. The van der Waals surface area contributed by atoms with Gasteiger partial charge in [-0.15, -0.1) is 24.0 Å².